The maximum atomic E-state index is 11.9. The van der Waals surface area contributed by atoms with Crippen LogP contribution >= 0.6 is 0 Å². The summed E-state index contributed by atoms with van der Waals surface area (Å²) in [5, 5.41) is 11.1. The van der Waals surface area contributed by atoms with Crippen LogP contribution in [0.1, 0.15) is 11.6 Å². The molecular formula is C11H11N3O4. The van der Waals surface area contributed by atoms with Crippen molar-refractivity contribution >= 4 is 17.7 Å². The highest BCUT2D eigenvalue weighted by Gasteiger charge is 2.44. The second-order valence-electron chi connectivity index (χ2n) is 4.10. The van der Waals surface area contributed by atoms with Crippen molar-refractivity contribution in [1.82, 2.24) is 10.1 Å². The lowest BCUT2D eigenvalue weighted by Crippen LogP contribution is -2.35. The highest BCUT2D eigenvalue weighted by molar-refractivity contribution is 5.81. The molecule has 2 aliphatic heterocycles. The number of anilines is 1. The zero-order chi connectivity index (χ0) is 12.7. The Labute approximate surface area is 102 Å². The Morgan fingerprint density at radius 1 is 1.50 bits per heavy atom. The molecule has 0 spiro atoms. The molecule has 0 radical (unpaired) electrons. The number of nitrogens with zero attached hydrogens (tertiary/aromatic N) is 2. The van der Waals surface area contributed by atoms with Crippen LogP contribution in [-0.2, 0) is 9.63 Å². The van der Waals surface area contributed by atoms with Gasteiger partial charge in [0.1, 0.15) is 6.04 Å². The monoisotopic (exact) mass is 249 g/mol. The number of carbonyl (C=O) groups excluding carboxylic acids is 1. The van der Waals surface area contributed by atoms with Crippen molar-refractivity contribution in [3.05, 3.63) is 29.8 Å². The molecule has 2 heterocycles. The fraction of sp³-hybridized carbons (Fsp3) is 0.273. The van der Waals surface area contributed by atoms with Crippen molar-refractivity contribution in [3.8, 4) is 0 Å². The lowest BCUT2D eigenvalue weighted by Gasteiger charge is -2.25. The molecule has 1 unspecified atom stereocenters. The summed E-state index contributed by atoms with van der Waals surface area (Å²) in [6.07, 6.45) is 0. The number of hydrogen-bond acceptors (Lipinski definition) is 4. The highest BCUT2D eigenvalue weighted by Crippen LogP contribution is 2.38. The molecule has 2 bridgehead atoms. The zero-order valence-electron chi connectivity index (χ0n) is 9.37. The van der Waals surface area contributed by atoms with Crippen molar-refractivity contribution in [2.45, 2.75) is 6.04 Å². The number of carboxylic acids is 1. The number of hydroxylamine groups is 2. The van der Waals surface area contributed by atoms with E-state index < -0.39 is 12.6 Å². The molecular weight excluding hydrogens is 238 g/mol. The molecule has 2 amide bonds. The van der Waals surface area contributed by atoms with Gasteiger partial charge in [0.05, 0.1) is 12.2 Å². The molecule has 1 aromatic rings. The number of amides is 2. The van der Waals surface area contributed by atoms with Gasteiger partial charge in [-0.05, 0) is 6.07 Å². The summed E-state index contributed by atoms with van der Waals surface area (Å²) in [7, 11) is 0. The molecule has 0 saturated carbocycles. The minimum absolute atomic E-state index is 0.269. The Morgan fingerprint density at radius 3 is 3.06 bits per heavy atom. The number of benzene rings is 1. The standard InChI is InChI=1S/C11H11N3O4/c15-10(16)6-18-14-9-5-13(11(14)17)12-8-4-2-1-3-7(8)9/h1-4,9,12H,5-6H2,(H,15,16). The maximum absolute atomic E-state index is 11.9. The summed E-state index contributed by atoms with van der Waals surface area (Å²) in [6, 6.07) is 6.84. The fourth-order valence-electron chi connectivity index (χ4n) is 2.20. The smallest absolute Gasteiger partial charge is 0.363 e. The van der Waals surface area contributed by atoms with Crippen LogP contribution < -0.4 is 5.43 Å². The summed E-state index contributed by atoms with van der Waals surface area (Å²) in [6.45, 7) is -0.0896. The maximum Gasteiger partial charge on any atom is 0.363 e. The van der Waals surface area contributed by atoms with E-state index in [1.807, 2.05) is 24.3 Å². The van der Waals surface area contributed by atoms with Crippen LogP contribution in [0.3, 0.4) is 0 Å². The van der Waals surface area contributed by atoms with Gasteiger partial charge in [-0.25, -0.2) is 14.6 Å². The zero-order valence-corrected chi connectivity index (χ0v) is 9.37. The van der Waals surface area contributed by atoms with E-state index in [9.17, 15) is 9.59 Å². The quantitative estimate of drug-likeness (QED) is 0.828. The van der Waals surface area contributed by atoms with Gasteiger partial charge in [-0.2, -0.15) is 5.06 Å². The first kappa shape index (κ1) is 10.8. The summed E-state index contributed by atoms with van der Waals surface area (Å²) < 4.78 is 0. The van der Waals surface area contributed by atoms with Crippen molar-refractivity contribution in [2.24, 2.45) is 0 Å². The van der Waals surface area contributed by atoms with E-state index in [1.54, 1.807) is 0 Å². The Balaban J connectivity index is 1.89. The largest absolute Gasteiger partial charge is 0.479 e. The summed E-state index contributed by atoms with van der Waals surface area (Å²) in [5.41, 5.74) is 4.73. The molecule has 7 nitrogen and oxygen atoms in total. The first-order valence-electron chi connectivity index (χ1n) is 5.48. The van der Waals surface area contributed by atoms with E-state index in [-0.39, 0.29) is 12.1 Å². The normalized spacial score (nSPS) is 20.7. The number of hydrazine groups is 1. The van der Waals surface area contributed by atoms with Crippen molar-refractivity contribution in [1.29, 1.82) is 0 Å². The van der Waals surface area contributed by atoms with Crippen molar-refractivity contribution in [3.63, 3.8) is 0 Å². The van der Waals surface area contributed by atoms with E-state index >= 15 is 0 Å². The lowest BCUT2D eigenvalue weighted by molar-refractivity contribution is -0.167. The third kappa shape index (κ3) is 1.56. The van der Waals surface area contributed by atoms with E-state index in [0.29, 0.717) is 6.54 Å². The second kappa shape index (κ2) is 3.88. The number of fused-ring (bicyclic) bond motifs is 4. The number of aliphatic carboxylic acids is 1. The van der Waals surface area contributed by atoms with E-state index in [0.717, 1.165) is 16.3 Å². The van der Waals surface area contributed by atoms with Gasteiger partial charge < -0.3 is 5.11 Å². The third-order valence-corrected chi connectivity index (χ3v) is 2.96. The predicted octanol–water partition coefficient (Wildman–Crippen LogP) is 0.822. The van der Waals surface area contributed by atoms with Crippen molar-refractivity contribution < 1.29 is 19.5 Å². The van der Waals surface area contributed by atoms with Crippen LogP contribution in [0.4, 0.5) is 10.5 Å². The Morgan fingerprint density at radius 2 is 2.28 bits per heavy atom. The molecule has 2 N–H and O–H groups in total. The molecule has 0 aromatic heterocycles. The van der Waals surface area contributed by atoms with E-state index in [2.05, 4.69) is 5.43 Å². The van der Waals surface area contributed by atoms with Crippen LogP contribution in [0, 0.1) is 0 Å². The van der Waals surface area contributed by atoms with E-state index in [4.69, 9.17) is 9.94 Å². The SMILES string of the molecule is O=C(O)CON1C(=O)N2CC1c1ccccc1N2. The van der Waals surface area contributed by atoms with Crippen LogP contribution in [0.5, 0.6) is 0 Å². The van der Waals surface area contributed by atoms with Crippen LogP contribution in [-0.4, -0.2) is 40.3 Å². The number of nitrogens with one attached hydrogen (secondary N) is 1. The van der Waals surface area contributed by atoms with E-state index in [1.165, 1.54) is 5.01 Å². The fourth-order valence-corrected chi connectivity index (χ4v) is 2.20. The number of rotatable bonds is 3. The first-order chi connectivity index (χ1) is 8.66. The van der Waals surface area contributed by atoms with Gasteiger partial charge >= 0.3 is 12.0 Å². The molecule has 1 aromatic carbocycles. The summed E-state index contributed by atoms with van der Waals surface area (Å²) >= 11 is 0. The minimum atomic E-state index is -1.11. The second-order valence-corrected chi connectivity index (χ2v) is 4.10. The first-order valence-corrected chi connectivity index (χ1v) is 5.48. The van der Waals surface area contributed by atoms with Gasteiger partial charge in [0.15, 0.2) is 6.61 Å². The Kier molecular flexibility index (Phi) is 2.34. The van der Waals surface area contributed by atoms with Gasteiger partial charge in [-0.3, -0.25) is 10.3 Å². The predicted molar refractivity (Wildman–Crippen MR) is 60.3 cm³/mol. The molecule has 2 aliphatic rings. The number of para-hydroxylation sites is 1. The van der Waals surface area contributed by atoms with Gasteiger partial charge in [0.2, 0.25) is 0 Å². The number of carboxylic acid groups (broad SMARTS) is 1. The average Bonchev–Trinajstić information content (AvgIpc) is 2.61. The third-order valence-electron chi connectivity index (χ3n) is 2.96. The molecule has 7 heteroatoms. The van der Waals surface area contributed by atoms with Gasteiger partial charge in [0, 0.05) is 5.56 Å². The van der Waals surface area contributed by atoms with Crippen molar-refractivity contribution in [2.75, 3.05) is 18.6 Å². The van der Waals surface area contributed by atoms with Gasteiger partial charge in [-0.15, -0.1) is 0 Å². The molecule has 94 valence electrons. The highest BCUT2D eigenvalue weighted by atomic mass is 16.7. The van der Waals surface area contributed by atoms with Crippen LogP contribution in [0.25, 0.3) is 0 Å². The summed E-state index contributed by atoms with van der Waals surface area (Å²) in [4.78, 5) is 27.5. The van der Waals surface area contributed by atoms with Gasteiger partial charge in [0.25, 0.3) is 0 Å². The number of urea groups is 1. The number of hydrogen-bond donors (Lipinski definition) is 2. The Bertz CT molecular complexity index is 519. The van der Waals surface area contributed by atoms with Crippen LogP contribution in [0.2, 0.25) is 0 Å². The molecule has 18 heavy (non-hydrogen) atoms. The molecule has 1 atom stereocenters. The average molecular weight is 249 g/mol. The minimum Gasteiger partial charge on any atom is -0.479 e. The molecule has 3 rings (SSSR count). The lowest BCUT2D eigenvalue weighted by atomic mass is 10.0. The molecule has 1 saturated heterocycles. The summed E-state index contributed by atoms with van der Waals surface area (Å²) in [5.74, 6) is -1.11. The Hall–Kier alpha value is -2.28. The topological polar surface area (TPSA) is 82.1 Å². The van der Waals surface area contributed by atoms with Crippen LogP contribution in [0.15, 0.2) is 24.3 Å². The van der Waals surface area contributed by atoms with Gasteiger partial charge in [-0.1, -0.05) is 18.2 Å². The number of carbonyl (C=O) groups is 2. The molecule has 1 fully saturated rings. The molecule has 0 aliphatic carbocycles.